The summed E-state index contributed by atoms with van der Waals surface area (Å²) in [5, 5.41) is 17.0. The number of nitrogens with two attached hydrogens (primary N) is 1. The van der Waals surface area contributed by atoms with Crippen molar-refractivity contribution in [1.82, 2.24) is 0 Å². The van der Waals surface area contributed by atoms with Gasteiger partial charge in [0.1, 0.15) is 5.82 Å². The second kappa shape index (κ2) is 9.73. The summed E-state index contributed by atoms with van der Waals surface area (Å²) in [6, 6.07) is 5.95. The van der Waals surface area contributed by atoms with Crippen molar-refractivity contribution in [3.8, 4) is 6.07 Å². The van der Waals surface area contributed by atoms with Gasteiger partial charge < -0.3 is 10.8 Å². The lowest BCUT2D eigenvalue weighted by Crippen LogP contribution is -2.22. The molecule has 3 rings (SSSR count). The summed E-state index contributed by atoms with van der Waals surface area (Å²) in [7, 11) is 0. The highest BCUT2D eigenvalue weighted by Gasteiger charge is 2.49. The lowest BCUT2D eigenvalue weighted by molar-refractivity contribution is -0.149. The molecule has 2 aromatic rings. The lowest BCUT2D eigenvalue weighted by Gasteiger charge is -2.17. The third kappa shape index (κ3) is 6.56. The molecular formula is C22H15F7N2O4. The minimum Gasteiger partial charge on any atom is -0.476 e. The molecule has 2 aromatic carbocycles. The van der Waals surface area contributed by atoms with E-state index in [4.69, 9.17) is 16.1 Å². The van der Waals surface area contributed by atoms with Crippen LogP contribution in [0.15, 0.2) is 36.4 Å². The van der Waals surface area contributed by atoms with Gasteiger partial charge in [0.25, 0.3) is 0 Å². The zero-order valence-electron chi connectivity index (χ0n) is 17.4. The van der Waals surface area contributed by atoms with E-state index in [0.717, 1.165) is 12.1 Å². The number of ketones is 1. The van der Waals surface area contributed by atoms with Crippen molar-refractivity contribution in [3.05, 3.63) is 70.0 Å². The van der Waals surface area contributed by atoms with Crippen LogP contribution in [-0.2, 0) is 27.4 Å². The Morgan fingerprint density at radius 1 is 1.00 bits per heavy atom. The van der Waals surface area contributed by atoms with Gasteiger partial charge in [-0.3, -0.25) is 9.59 Å². The Hall–Kier alpha value is -3.95. The minimum absolute atomic E-state index is 0.234. The first kappa shape index (κ1) is 27.3. The maximum Gasteiger partial charge on any atom is 0.417 e. The number of rotatable bonds is 5. The van der Waals surface area contributed by atoms with Crippen LogP contribution in [-0.4, -0.2) is 22.8 Å². The SMILES string of the molecule is N#Cc1ccc(C(N)=O)cc1C(F)(F)F.O=C(O)C(=O)CC1(c2cc(C(F)(F)F)ccc2F)CC1. The van der Waals surface area contributed by atoms with Crippen molar-refractivity contribution in [2.24, 2.45) is 5.73 Å². The highest BCUT2D eigenvalue weighted by Crippen LogP contribution is 2.52. The molecule has 13 heteroatoms. The van der Waals surface area contributed by atoms with Crippen molar-refractivity contribution in [2.45, 2.75) is 37.0 Å². The average Bonchev–Trinajstić information content (AvgIpc) is 3.52. The summed E-state index contributed by atoms with van der Waals surface area (Å²) in [5.41, 5.74) is 0.510. The predicted octanol–water partition coefficient (Wildman–Crippen LogP) is 4.60. The van der Waals surface area contributed by atoms with Crippen molar-refractivity contribution in [3.63, 3.8) is 0 Å². The number of Topliss-reactive ketones (excluding diaryl/α,β-unsaturated/α-hetero) is 1. The number of amides is 1. The number of primary amides is 1. The predicted molar refractivity (Wildman–Crippen MR) is 104 cm³/mol. The van der Waals surface area contributed by atoms with Gasteiger partial charge in [-0.2, -0.15) is 31.6 Å². The summed E-state index contributed by atoms with van der Waals surface area (Å²) in [6.07, 6.45) is -9.18. The molecule has 6 nitrogen and oxygen atoms in total. The number of aliphatic carboxylic acids is 1. The summed E-state index contributed by atoms with van der Waals surface area (Å²) in [5.74, 6) is -4.61. The molecule has 186 valence electrons. The van der Waals surface area contributed by atoms with E-state index >= 15 is 0 Å². The fraction of sp³-hybridized carbons (Fsp3) is 0.273. The first-order valence-electron chi connectivity index (χ1n) is 9.56. The van der Waals surface area contributed by atoms with E-state index in [2.05, 4.69) is 0 Å². The van der Waals surface area contributed by atoms with Crippen LogP contribution in [0.5, 0.6) is 0 Å². The van der Waals surface area contributed by atoms with E-state index in [1.54, 1.807) is 0 Å². The van der Waals surface area contributed by atoms with Gasteiger partial charge in [0.05, 0.1) is 22.8 Å². The molecule has 0 heterocycles. The molecule has 3 N–H and O–H groups in total. The van der Waals surface area contributed by atoms with Crippen LogP contribution >= 0.6 is 0 Å². The van der Waals surface area contributed by atoms with E-state index in [0.29, 0.717) is 37.1 Å². The number of hydrogen-bond acceptors (Lipinski definition) is 4. The number of halogens is 7. The molecule has 1 saturated carbocycles. The van der Waals surface area contributed by atoms with Crippen LogP contribution in [0.2, 0.25) is 0 Å². The van der Waals surface area contributed by atoms with Crippen molar-refractivity contribution in [2.75, 3.05) is 0 Å². The van der Waals surface area contributed by atoms with Crippen molar-refractivity contribution >= 4 is 17.7 Å². The van der Waals surface area contributed by atoms with Crippen LogP contribution in [0.3, 0.4) is 0 Å². The Bertz CT molecular complexity index is 1210. The Kier molecular flexibility index (Phi) is 7.59. The number of carboxylic acids is 1. The molecule has 0 atom stereocenters. The number of alkyl halides is 6. The summed E-state index contributed by atoms with van der Waals surface area (Å²) in [6.45, 7) is 0. The molecule has 0 spiro atoms. The topological polar surface area (TPSA) is 121 Å². The second-order valence-electron chi connectivity index (χ2n) is 7.61. The summed E-state index contributed by atoms with van der Waals surface area (Å²) in [4.78, 5) is 32.4. The highest BCUT2D eigenvalue weighted by atomic mass is 19.4. The Morgan fingerprint density at radius 3 is 2.03 bits per heavy atom. The smallest absolute Gasteiger partial charge is 0.417 e. The third-order valence-corrected chi connectivity index (χ3v) is 5.19. The van der Waals surface area contributed by atoms with Gasteiger partial charge in [-0.05, 0) is 54.8 Å². The molecular weight excluding hydrogens is 489 g/mol. The Labute approximate surface area is 192 Å². The van der Waals surface area contributed by atoms with Gasteiger partial charge in [-0.15, -0.1) is 0 Å². The quantitative estimate of drug-likeness (QED) is 0.456. The fourth-order valence-corrected chi connectivity index (χ4v) is 3.21. The average molecular weight is 504 g/mol. The van der Waals surface area contributed by atoms with Crippen LogP contribution in [0.4, 0.5) is 30.7 Å². The number of nitriles is 1. The molecule has 0 bridgehead atoms. The van der Waals surface area contributed by atoms with Crippen LogP contribution in [0.25, 0.3) is 0 Å². The molecule has 0 aliphatic heterocycles. The highest BCUT2D eigenvalue weighted by molar-refractivity contribution is 6.33. The molecule has 0 aromatic heterocycles. The minimum atomic E-state index is -4.67. The normalized spacial score (nSPS) is 14.2. The van der Waals surface area contributed by atoms with Gasteiger partial charge in [-0.1, -0.05) is 0 Å². The number of carbonyl (C=O) groups is 3. The molecule has 1 amide bonds. The number of nitrogens with zero attached hydrogens (tertiary/aromatic N) is 1. The fourth-order valence-electron chi connectivity index (χ4n) is 3.21. The Morgan fingerprint density at radius 2 is 1.60 bits per heavy atom. The van der Waals surface area contributed by atoms with E-state index in [-0.39, 0.29) is 11.1 Å². The van der Waals surface area contributed by atoms with E-state index in [1.807, 2.05) is 0 Å². The van der Waals surface area contributed by atoms with E-state index < -0.39 is 64.4 Å². The maximum absolute atomic E-state index is 13.7. The lowest BCUT2D eigenvalue weighted by atomic mass is 9.89. The standard InChI is InChI=1S/C13H10F4O3.C9H5F3N2O/c14-9-2-1-7(13(15,16)17)5-8(9)12(3-4-12)6-10(18)11(19)20;10-9(11,12)7-3-5(8(14)15)1-2-6(7)4-13/h1-2,5H,3-4,6H2,(H,19,20);1-3H,(H2,14,15). The molecule has 1 fully saturated rings. The van der Waals surface area contributed by atoms with E-state index in [1.165, 1.54) is 6.07 Å². The van der Waals surface area contributed by atoms with Crippen molar-refractivity contribution < 1.29 is 50.2 Å². The molecule has 35 heavy (non-hydrogen) atoms. The molecule has 0 radical (unpaired) electrons. The van der Waals surface area contributed by atoms with Gasteiger partial charge >= 0.3 is 18.3 Å². The monoisotopic (exact) mass is 504 g/mol. The summed E-state index contributed by atoms with van der Waals surface area (Å²) < 4.78 is 88.7. The molecule has 1 aliphatic carbocycles. The first-order chi connectivity index (χ1) is 16.0. The molecule has 0 unspecified atom stereocenters. The maximum atomic E-state index is 13.7. The van der Waals surface area contributed by atoms with Crippen LogP contribution in [0, 0.1) is 17.1 Å². The second-order valence-corrected chi connectivity index (χ2v) is 7.61. The van der Waals surface area contributed by atoms with Gasteiger partial charge in [0.15, 0.2) is 0 Å². The van der Waals surface area contributed by atoms with Crippen molar-refractivity contribution in [1.29, 1.82) is 5.26 Å². The van der Waals surface area contributed by atoms with E-state index in [9.17, 15) is 45.1 Å². The molecule has 1 aliphatic rings. The summed E-state index contributed by atoms with van der Waals surface area (Å²) >= 11 is 0. The third-order valence-electron chi connectivity index (χ3n) is 5.19. The zero-order valence-corrected chi connectivity index (χ0v) is 17.4. The number of hydrogen-bond donors (Lipinski definition) is 2. The number of carbonyl (C=O) groups excluding carboxylic acids is 2. The van der Waals surface area contributed by atoms with Gasteiger partial charge in [0.2, 0.25) is 11.7 Å². The first-order valence-corrected chi connectivity index (χ1v) is 9.56. The molecule has 0 saturated heterocycles. The van der Waals surface area contributed by atoms with Gasteiger partial charge in [0, 0.05) is 17.4 Å². The Balaban J connectivity index is 0.000000258. The van der Waals surface area contributed by atoms with Crippen LogP contribution in [0.1, 0.15) is 51.9 Å². The van der Waals surface area contributed by atoms with Gasteiger partial charge in [-0.25, -0.2) is 9.18 Å². The largest absolute Gasteiger partial charge is 0.476 e. The number of carboxylic acid groups (broad SMARTS) is 1. The number of benzene rings is 2. The van der Waals surface area contributed by atoms with Crippen LogP contribution < -0.4 is 5.73 Å². The zero-order chi connectivity index (χ0) is 26.8.